The number of amides is 3. The zero-order valence-electron chi connectivity index (χ0n) is 13.1. The van der Waals surface area contributed by atoms with Crippen molar-refractivity contribution in [2.24, 2.45) is 0 Å². The average molecular weight is 349 g/mol. The van der Waals surface area contributed by atoms with E-state index in [0.29, 0.717) is 32.0 Å². The highest BCUT2D eigenvalue weighted by Crippen LogP contribution is 2.29. The Kier molecular flexibility index (Phi) is 5.49. The van der Waals surface area contributed by atoms with Crippen molar-refractivity contribution in [1.29, 1.82) is 0 Å². The van der Waals surface area contributed by atoms with Crippen LogP contribution in [-0.4, -0.2) is 65.1 Å². The third-order valence-corrected chi connectivity index (χ3v) is 4.95. The Hall–Kier alpha value is -1.90. The SMILES string of the molecule is O=C(CC1SC(=O)N(CN2CCOCC2)C1=O)Nc1ccccc1. The molecule has 1 atom stereocenters. The number of morpholine rings is 1. The van der Waals surface area contributed by atoms with Gasteiger partial charge in [-0.15, -0.1) is 0 Å². The van der Waals surface area contributed by atoms with Crippen molar-refractivity contribution in [2.75, 3.05) is 38.3 Å². The van der Waals surface area contributed by atoms with Crippen LogP contribution in [0.1, 0.15) is 6.42 Å². The topological polar surface area (TPSA) is 79.0 Å². The minimum absolute atomic E-state index is 0.0102. The minimum atomic E-state index is -0.651. The second-order valence-electron chi connectivity index (χ2n) is 5.63. The van der Waals surface area contributed by atoms with E-state index in [1.807, 2.05) is 23.1 Å². The fraction of sp³-hybridized carbons (Fsp3) is 0.438. The molecule has 8 heteroatoms. The molecule has 1 unspecified atom stereocenters. The molecule has 0 aliphatic carbocycles. The number of hydrogen-bond acceptors (Lipinski definition) is 6. The Labute approximate surface area is 144 Å². The molecule has 0 bridgehead atoms. The van der Waals surface area contributed by atoms with Gasteiger partial charge in [0, 0.05) is 25.2 Å². The molecule has 0 aromatic heterocycles. The molecule has 2 saturated heterocycles. The number of carbonyl (C=O) groups excluding carboxylic acids is 3. The third kappa shape index (κ3) is 4.14. The van der Waals surface area contributed by atoms with Gasteiger partial charge in [0.25, 0.3) is 5.24 Å². The quantitative estimate of drug-likeness (QED) is 0.865. The summed E-state index contributed by atoms with van der Waals surface area (Å²) in [5.41, 5.74) is 0.675. The summed E-state index contributed by atoms with van der Waals surface area (Å²) in [5.74, 6) is -0.562. The first kappa shape index (κ1) is 16.9. The summed E-state index contributed by atoms with van der Waals surface area (Å²) in [7, 11) is 0. The molecule has 3 rings (SSSR count). The van der Waals surface area contributed by atoms with Gasteiger partial charge in [0.15, 0.2) is 0 Å². The van der Waals surface area contributed by atoms with Crippen molar-refractivity contribution in [3.05, 3.63) is 30.3 Å². The lowest BCUT2D eigenvalue weighted by Crippen LogP contribution is -2.46. The van der Waals surface area contributed by atoms with Crippen molar-refractivity contribution in [3.8, 4) is 0 Å². The van der Waals surface area contributed by atoms with Crippen LogP contribution in [0.2, 0.25) is 0 Å². The molecule has 2 aliphatic rings. The van der Waals surface area contributed by atoms with E-state index in [9.17, 15) is 14.4 Å². The number of carbonyl (C=O) groups is 3. The number of nitrogens with zero attached hydrogens (tertiary/aromatic N) is 2. The van der Waals surface area contributed by atoms with Gasteiger partial charge in [-0.1, -0.05) is 30.0 Å². The monoisotopic (exact) mass is 349 g/mol. The number of hydrogen-bond donors (Lipinski definition) is 1. The van der Waals surface area contributed by atoms with Crippen LogP contribution in [0.25, 0.3) is 0 Å². The van der Waals surface area contributed by atoms with Crippen molar-refractivity contribution >= 4 is 34.5 Å². The molecule has 24 heavy (non-hydrogen) atoms. The maximum Gasteiger partial charge on any atom is 0.290 e. The normalized spacial score (nSPS) is 22.0. The van der Waals surface area contributed by atoms with Crippen molar-refractivity contribution < 1.29 is 19.1 Å². The van der Waals surface area contributed by atoms with E-state index in [2.05, 4.69) is 5.32 Å². The first-order valence-corrected chi connectivity index (χ1v) is 8.68. The molecule has 0 radical (unpaired) electrons. The first-order chi connectivity index (χ1) is 11.6. The number of rotatable bonds is 5. The summed E-state index contributed by atoms with van der Waals surface area (Å²) in [6.07, 6.45) is -0.0102. The van der Waals surface area contributed by atoms with Crippen LogP contribution in [0.3, 0.4) is 0 Å². The molecule has 2 aliphatic heterocycles. The molecule has 0 saturated carbocycles. The van der Waals surface area contributed by atoms with Crippen LogP contribution in [0, 0.1) is 0 Å². The van der Waals surface area contributed by atoms with Gasteiger partial charge in [0.05, 0.1) is 19.9 Å². The lowest BCUT2D eigenvalue weighted by atomic mass is 10.2. The molecule has 2 fully saturated rings. The van der Waals surface area contributed by atoms with Gasteiger partial charge < -0.3 is 10.1 Å². The van der Waals surface area contributed by atoms with E-state index in [4.69, 9.17) is 4.74 Å². The van der Waals surface area contributed by atoms with Crippen LogP contribution in [-0.2, 0) is 14.3 Å². The van der Waals surface area contributed by atoms with E-state index >= 15 is 0 Å². The Balaban J connectivity index is 1.54. The first-order valence-electron chi connectivity index (χ1n) is 7.80. The van der Waals surface area contributed by atoms with Gasteiger partial charge in [-0.25, -0.2) is 0 Å². The molecule has 0 spiro atoms. The van der Waals surface area contributed by atoms with Gasteiger partial charge in [0.2, 0.25) is 11.8 Å². The van der Waals surface area contributed by atoms with Crippen LogP contribution >= 0.6 is 11.8 Å². The number of imide groups is 1. The molecule has 3 amide bonds. The number of ether oxygens (including phenoxy) is 1. The van der Waals surface area contributed by atoms with Gasteiger partial charge in [-0.05, 0) is 12.1 Å². The van der Waals surface area contributed by atoms with E-state index in [-0.39, 0.29) is 30.1 Å². The fourth-order valence-corrected chi connectivity index (χ4v) is 3.58. The summed E-state index contributed by atoms with van der Waals surface area (Å²) in [6.45, 7) is 2.87. The molecule has 2 heterocycles. The van der Waals surface area contributed by atoms with Gasteiger partial charge in [0.1, 0.15) is 5.25 Å². The predicted molar refractivity (Wildman–Crippen MR) is 90.6 cm³/mol. The van der Waals surface area contributed by atoms with E-state index in [1.165, 1.54) is 4.90 Å². The molecular formula is C16H19N3O4S. The summed E-state index contributed by atoms with van der Waals surface area (Å²) in [5, 5.41) is 1.80. The summed E-state index contributed by atoms with van der Waals surface area (Å²) >= 11 is 0.928. The van der Waals surface area contributed by atoms with Gasteiger partial charge in [-0.3, -0.25) is 24.2 Å². The standard InChI is InChI=1S/C16H19N3O4S/c20-14(17-12-4-2-1-3-5-12)10-13-15(21)19(16(22)24-13)11-18-6-8-23-9-7-18/h1-5,13H,6-11H2,(H,17,20). The Morgan fingerprint density at radius 2 is 1.92 bits per heavy atom. The Morgan fingerprint density at radius 3 is 2.62 bits per heavy atom. The van der Waals surface area contributed by atoms with E-state index in [0.717, 1.165) is 11.8 Å². The van der Waals surface area contributed by atoms with Gasteiger partial charge in [-0.2, -0.15) is 0 Å². The number of nitrogens with one attached hydrogen (secondary N) is 1. The maximum atomic E-state index is 12.4. The predicted octanol–water partition coefficient (Wildman–Crippen LogP) is 1.37. The lowest BCUT2D eigenvalue weighted by molar-refractivity contribution is -0.130. The van der Waals surface area contributed by atoms with E-state index in [1.54, 1.807) is 12.1 Å². The number of benzene rings is 1. The lowest BCUT2D eigenvalue weighted by Gasteiger charge is -2.29. The van der Waals surface area contributed by atoms with Gasteiger partial charge >= 0.3 is 0 Å². The smallest absolute Gasteiger partial charge is 0.290 e. The molecular weight excluding hydrogens is 330 g/mol. The van der Waals surface area contributed by atoms with Crippen LogP contribution in [0.4, 0.5) is 10.5 Å². The summed E-state index contributed by atoms with van der Waals surface area (Å²) < 4.78 is 5.26. The molecule has 1 N–H and O–H groups in total. The third-order valence-electron chi connectivity index (χ3n) is 3.88. The zero-order valence-corrected chi connectivity index (χ0v) is 14.0. The van der Waals surface area contributed by atoms with Crippen molar-refractivity contribution in [2.45, 2.75) is 11.7 Å². The fourth-order valence-electron chi connectivity index (χ4n) is 2.60. The Bertz CT molecular complexity index is 619. The second-order valence-corrected chi connectivity index (χ2v) is 6.78. The molecule has 1 aromatic carbocycles. The van der Waals surface area contributed by atoms with Crippen LogP contribution < -0.4 is 5.32 Å². The average Bonchev–Trinajstić information content (AvgIpc) is 2.84. The summed E-state index contributed by atoms with van der Waals surface area (Å²) in [6, 6.07) is 9.04. The number of thioether (sulfide) groups is 1. The highest BCUT2D eigenvalue weighted by Gasteiger charge is 2.41. The van der Waals surface area contributed by atoms with Crippen LogP contribution in [0.5, 0.6) is 0 Å². The zero-order chi connectivity index (χ0) is 16.9. The van der Waals surface area contributed by atoms with Crippen LogP contribution in [0.15, 0.2) is 30.3 Å². The molecule has 128 valence electrons. The second kappa shape index (κ2) is 7.78. The minimum Gasteiger partial charge on any atom is -0.379 e. The Morgan fingerprint density at radius 1 is 1.21 bits per heavy atom. The summed E-state index contributed by atoms with van der Waals surface area (Å²) in [4.78, 5) is 39.8. The highest BCUT2D eigenvalue weighted by atomic mass is 32.2. The largest absolute Gasteiger partial charge is 0.379 e. The number of anilines is 1. The van der Waals surface area contributed by atoms with Crippen molar-refractivity contribution in [3.63, 3.8) is 0 Å². The highest BCUT2D eigenvalue weighted by molar-refractivity contribution is 8.15. The number of para-hydroxylation sites is 1. The van der Waals surface area contributed by atoms with Crippen molar-refractivity contribution in [1.82, 2.24) is 9.80 Å². The molecule has 1 aromatic rings. The molecule has 7 nitrogen and oxygen atoms in total. The van der Waals surface area contributed by atoms with E-state index < -0.39 is 5.25 Å². The maximum absolute atomic E-state index is 12.4.